The molecule has 2 heterocycles. The van der Waals surface area contributed by atoms with Gasteiger partial charge in [0.25, 0.3) is 0 Å². The highest BCUT2D eigenvalue weighted by atomic mass is 16.1. The number of hydrogen-bond donors (Lipinski definition) is 0. The summed E-state index contributed by atoms with van der Waals surface area (Å²) in [6.45, 7) is 3.00. The quantitative estimate of drug-likeness (QED) is 0.684. The van der Waals surface area contributed by atoms with Gasteiger partial charge in [0, 0.05) is 24.8 Å². The lowest BCUT2D eigenvalue weighted by molar-refractivity contribution is 0.0962. The largest absolute Gasteiger partial charge is 0.310 e. The number of benzene rings is 2. The third-order valence-corrected chi connectivity index (χ3v) is 5.78. The maximum atomic E-state index is 12.7. The van der Waals surface area contributed by atoms with Gasteiger partial charge >= 0.3 is 0 Å². The van der Waals surface area contributed by atoms with Crippen LogP contribution < -0.4 is 4.90 Å². The van der Waals surface area contributed by atoms with Crippen LogP contribution in [-0.4, -0.2) is 22.3 Å². The van der Waals surface area contributed by atoms with Gasteiger partial charge in [0.05, 0.1) is 11.3 Å². The monoisotopic (exact) mass is 355 g/mol. The van der Waals surface area contributed by atoms with Crippen LogP contribution in [-0.2, 0) is 12.8 Å². The average molecular weight is 355 g/mol. The molecule has 0 fully saturated rings. The molecule has 0 bridgehead atoms. The molecule has 0 amide bonds. The first-order chi connectivity index (χ1) is 13.2. The Balaban J connectivity index is 1.51. The van der Waals surface area contributed by atoms with E-state index in [1.807, 2.05) is 12.1 Å². The molecule has 0 radical (unpaired) electrons. The van der Waals surface area contributed by atoms with Crippen molar-refractivity contribution in [3.8, 4) is 0 Å². The Morgan fingerprint density at radius 1 is 1.04 bits per heavy atom. The molecular weight excluding hydrogens is 334 g/mol. The lowest BCUT2D eigenvalue weighted by atomic mass is 9.81. The molecule has 1 aliphatic carbocycles. The number of carbonyl (C=O) groups excluding carboxylic acids is 1. The smallest absolute Gasteiger partial charge is 0.230 e. The van der Waals surface area contributed by atoms with Crippen molar-refractivity contribution >= 4 is 17.4 Å². The molecule has 0 unspecified atom stereocenters. The molecule has 0 saturated carbocycles. The molecule has 0 N–H and O–H groups in total. The number of aromatic nitrogens is 2. The summed E-state index contributed by atoms with van der Waals surface area (Å²) in [6.07, 6.45) is 4.06. The summed E-state index contributed by atoms with van der Waals surface area (Å²) in [4.78, 5) is 24.3. The van der Waals surface area contributed by atoms with Crippen LogP contribution in [0.2, 0.25) is 0 Å². The fraction of sp³-hybridized carbons (Fsp3) is 0.261. The van der Waals surface area contributed by atoms with Crippen LogP contribution in [0.4, 0.5) is 11.6 Å². The van der Waals surface area contributed by atoms with Crippen LogP contribution in [0, 0.1) is 6.92 Å². The molecule has 1 atom stereocenters. The number of ketones is 1. The molecule has 4 nitrogen and oxygen atoms in total. The summed E-state index contributed by atoms with van der Waals surface area (Å²) < 4.78 is 0. The highest BCUT2D eigenvalue weighted by Crippen LogP contribution is 2.36. The summed E-state index contributed by atoms with van der Waals surface area (Å²) in [6, 6.07) is 16.7. The summed E-state index contributed by atoms with van der Waals surface area (Å²) in [5.74, 6) is 1.05. The number of carbonyl (C=O) groups is 1. The lowest BCUT2D eigenvalue weighted by Crippen LogP contribution is -2.24. The van der Waals surface area contributed by atoms with E-state index in [0.717, 1.165) is 25.1 Å². The van der Waals surface area contributed by atoms with E-state index in [-0.39, 0.29) is 11.7 Å². The van der Waals surface area contributed by atoms with Crippen LogP contribution in [0.25, 0.3) is 0 Å². The summed E-state index contributed by atoms with van der Waals surface area (Å²) in [7, 11) is 0. The van der Waals surface area contributed by atoms with E-state index in [1.54, 1.807) is 6.20 Å². The predicted octanol–water partition coefficient (Wildman–Crippen LogP) is 4.39. The topological polar surface area (TPSA) is 46.1 Å². The van der Waals surface area contributed by atoms with E-state index < -0.39 is 0 Å². The first-order valence-electron chi connectivity index (χ1n) is 9.51. The Hall–Kier alpha value is -3.01. The van der Waals surface area contributed by atoms with E-state index in [2.05, 4.69) is 53.2 Å². The third kappa shape index (κ3) is 2.72. The second-order valence-corrected chi connectivity index (χ2v) is 7.45. The van der Waals surface area contributed by atoms with Gasteiger partial charge in [0.2, 0.25) is 5.95 Å². The molecule has 4 heteroatoms. The molecule has 27 heavy (non-hydrogen) atoms. The number of para-hydroxylation sites is 1. The number of fused-ring (bicyclic) bond motifs is 2. The SMILES string of the molecule is Cc1ccccc1[C@@H]1CC(=O)c2cnc(N3CCc4ccccc43)nc2C1. The normalized spacial score (nSPS) is 18.3. The van der Waals surface area contributed by atoms with Crippen molar-refractivity contribution in [3.05, 3.63) is 82.7 Å². The Morgan fingerprint density at radius 3 is 2.74 bits per heavy atom. The second-order valence-electron chi connectivity index (χ2n) is 7.45. The molecule has 1 aliphatic heterocycles. The molecule has 0 spiro atoms. The fourth-order valence-electron chi connectivity index (χ4n) is 4.38. The van der Waals surface area contributed by atoms with Gasteiger partial charge in [0.15, 0.2) is 5.78 Å². The van der Waals surface area contributed by atoms with Crippen molar-refractivity contribution in [2.75, 3.05) is 11.4 Å². The minimum atomic E-state index is 0.151. The first-order valence-corrected chi connectivity index (χ1v) is 9.51. The van der Waals surface area contributed by atoms with Crippen molar-refractivity contribution in [3.63, 3.8) is 0 Å². The first kappa shape index (κ1) is 16.2. The zero-order valence-corrected chi connectivity index (χ0v) is 15.4. The molecule has 3 aromatic rings. The van der Waals surface area contributed by atoms with Gasteiger partial charge in [-0.15, -0.1) is 0 Å². The van der Waals surface area contributed by atoms with E-state index in [9.17, 15) is 4.79 Å². The van der Waals surface area contributed by atoms with Gasteiger partial charge in [-0.05, 0) is 48.4 Å². The van der Waals surface area contributed by atoms with Crippen molar-refractivity contribution < 1.29 is 4.79 Å². The van der Waals surface area contributed by atoms with Gasteiger partial charge in [0.1, 0.15) is 0 Å². The van der Waals surface area contributed by atoms with Gasteiger partial charge in [-0.2, -0.15) is 0 Å². The van der Waals surface area contributed by atoms with Crippen LogP contribution in [0.1, 0.15) is 45.1 Å². The van der Waals surface area contributed by atoms with Gasteiger partial charge in [-0.3, -0.25) is 4.79 Å². The zero-order valence-electron chi connectivity index (χ0n) is 15.4. The van der Waals surface area contributed by atoms with Crippen molar-refractivity contribution in [2.45, 2.75) is 32.1 Å². The van der Waals surface area contributed by atoms with Gasteiger partial charge < -0.3 is 4.90 Å². The highest BCUT2D eigenvalue weighted by molar-refractivity contribution is 5.98. The minimum Gasteiger partial charge on any atom is -0.310 e. The van der Waals surface area contributed by atoms with Crippen molar-refractivity contribution in [1.82, 2.24) is 9.97 Å². The number of hydrogen-bond acceptors (Lipinski definition) is 4. The average Bonchev–Trinajstić information content (AvgIpc) is 3.12. The second kappa shape index (κ2) is 6.31. The van der Waals surface area contributed by atoms with Gasteiger partial charge in [-0.25, -0.2) is 9.97 Å². The Labute approximate surface area is 158 Å². The number of nitrogens with zero attached hydrogens (tertiary/aromatic N) is 3. The van der Waals surface area contributed by atoms with Crippen LogP contribution in [0.3, 0.4) is 0 Å². The summed E-state index contributed by atoms with van der Waals surface area (Å²) >= 11 is 0. The van der Waals surface area contributed by atoms with Crippen LogP contribution in [0.15, 0.2) is 54.7 Å². The van der Waals surface area contributed by atoms with E-state index >= 15 is 0 Å². The standard InChI is InChI=1S/C23H21N3O/c1-15-6-2-4-8-18(15)17-12-20-19(22(27)13-17)14-24-23(25-20)26-11-10-16-7-3-5-9-21(16)26/h2-9,14,17H,10-13H2,1H3/t17-/m0/s1. The predicted molar refractivity (Wildman–Crippen MR) is 106 cm³/mol. The molecule has 134 valence electrons. The zero-order chi connectivity index (χ0) is 18.4. The Kier molecular flexibility index (Phi) is 3.78. The highest BCUT2D eigenvalue weighted by Gasteiger charge is 2.30. The van der Waals surface area contributed by atoms with Crippen molar-refractivity contribution in [2.24, 2.45) is 0 Å². The fourth-order valence-corrected chi connectivity index (χ4v) is 4.38. The number of aryl methyl sites for hydroxylation is 1. The minimum absolute atomic E-state index is 0.151. The lowest BCUT2D eigenvalue weighted by Gasteiger charge is -2.26. The third-order valence-electron chi connectivity index (χ3n) is 5.78. The summed E-state index contributed by atoms with van der Waals surface area (Å²) in [5, 5.41) is 0. The maximum absolute atomic E-state index is 12.7. The van der Waals surface area contributed by atoms with E-state index in [0.29, 0.717) is 17.9 Å². The van der Waals surface area contributed by atoms with Crippen LogP contribution in [0.5, 0.6) is 0 Å². The van der Waals surface area contributed by atoms with Crippen LogP contribution >= 0.6 is 0 Å². The van der Waals surface area contributed by atoms with E-state index in [4.69, 9.17) is 4.98 Å². The summed E-state index contributed by atoms with van der Waals surface area (Å²) in [5.41, 5.74) is 6.57. The number of rotatable bonds is 2. The molecule has 1 aromatic heterocycles. The molecule has 5 rings (SSSR count). The Morgan fingerprint density at radius 2 is 1.85 bits per heavy atom. The molecule has 0 saturated heterocycles. The maximum Gasteiger partial charge on any atom is 0.230 e. The number of anilines is 2. The molecular formula is C23H21N3O. The number of Topliss-reactive ketones (excluding diaryl/α,β-unsaturated/α-hetero) is 1. The Bertz CT molecular complexity index is 1040. The van der Waals surface area contributed by atoms with E-state index in [1.165, 1.54) is 22.4 Å². The van der Waals surface area contributed by atoms with Crippen molar-refractivity contribution in [1.29, 1.82) is 0 Å². The van der Waals surface area contributed by atoms with Gasteiger partial charge in [-0.1, -0.05) is 42.5 Å². The molecule has 2 aromatic carbocycles. The molecule has 2 aliphatic rings.